The summed E-state index contributed by atoms with van der Waals surface area (Å²) in [5.74, 6) is -0.320. The normalized spacial score (nSPS) is 18.5. The maximum atomic E-state index is 12.6. The van der Waals surface area contributed by atoms with Crippen LogP contribution in [0.5, 0.6) is 0 Å². The van der Waals surface area contributed by atoms with E-state index in [1.807, 2.05) is 67.6 Å². The number of carbonyl (C=O) groups excluding carboxylic acids is 2. The van der Waals surface area contributed by atoms with Gasteiger partial charge in [-0.25, -0.2) is 0 Å². The van der Waals surface area contributed by atoms with Gasteiger partial charge in [-0.2, -0.15) is 0 Å². The quantitative estimate of drug-likeness (QED) is 0.919. The summed E-state index contributed by atoms with van der Waals surface area (Å²) in [5.41, 5.74) is 1.87. The molecule has 1 fully saturated rings. The molecule has 2 atom stereocenters. The largest absolute Gasteiger partial charge is 0.344 e. The molecule has 1 heterocycles. The van der Waals surface area contributed by atoms with Gasteiger partial charge < -0.3 is 10.2 Å². The van der Waals surface area contributed by atoms with Crippen molar-refractivity contribution >= 4 is 17.5 Å². The van der Waals surface area contributed by atoms with E-state index in [0.717, 1.165) is 11.3 Å². The lowest BCUT2D eigenvalue weighted by atomic mass is 9.95. The summed E-state index contributed by atoms with van der Waals surface area (Å²) in [6, 6.07) is 18.9. The molecule has 1 aliphatic heterocycles. The fourth-order valence-corrected chi connectivity index (χ4v) is 3.21. The van der Waals surface area contributed by atoms with Crippen LogP contribution in [0.15, 0.2) is 60.7 Å². The van der Waals surface area contributed by atoms with Crippen molar-refractivity contribution in [2.24, 2.45) is 0 Å². The highest BCUT2D eigenvalue weighted by atomic mass is 16.2. The van der Waals surface area contributed by atoms with Crippen molar-refractivity contribution in [3.63, 3.8) is 0 Å². The molecule has 3 rings (SSSR count). The predicted molar refractivity (Wildman–Crippen MR) is 94.8 cm³/mol. The van der Waals surface area contributed by atoms with E-state index in [-0.39, 0.29) is 17.7 Å². The first-order chi connectivity index (χ1) is 11.7. The van der Waals surface area contributed by atoms with E-state index in [9.17, 15) is 9.59 Å². The van der Waals surface area contributed by atoms with Gasteiger partial charge in [-0.15, -0.1) is 0 Å². The van der Waals surface area contributed by atoms with Gasteiger partial charge in [0, 0.05) is 12.2 Å². The average molecular weight is 322 g/mol. The third-order valence-electron chi connectivity index (χ3n) is 4.52. The van der Waals surface area contributed by atoms with Crippen LogP contribution >= 0.6 is 0 Å². The van der Waals surface area contributed by atoms with Crippen LogP contribution in [0.2, 0.25) is 0 Å². The minimum absolute atomic E-state index is 0.0301. The minimum Gasteiger partial charge on any atom is -0.344 e. The van der Waals surface area contributed by atoms with Crippen molar-refractivity contribution in [2.45, 2.75) is 31.7 Å². The van der Waals surface area contributed by atoms with E-state index in [4.69, 9.17) is 0 Å². The first kappa shape index (κ1) is 16.2. The zero-order chi connectivity index (χ0) is 16.9. The molecule has 0 saturated carbocycles. The summed E-state index contributed by atoms with van der Waals surface area (Å²) in [4.78, 5) is 27.0. The Morgan fingerprint density at radius 1 is 1.12 bits per heavy atom. The molecule has 2 aromatic rings. The zero-order valence-electron chi connectivity index (χ0n) is 13.8. The van der Waals surface area contributed by atoms with E-state index in [0.29, 0.717) is 19.4 Å². The van der Waals surface area contributed by atoms with Crippen LogP contribution in [0.1, 0.15) is 31.2 Å². The number of amides is 2. The zero-order valence-corrected chi connectivity index (χ0v) is 13.8. The number of hydrogen-bond acceptors (Lipinski definition) is 2. The predicted octanol–water partition coefficient (Wildman–Crippen LogP) is 3.10. The lowest BCUT2D eigenvalue weighted by Crippen LogP contribution is -2.43. The number of benzene rings is 2. The molecule has 2 aromatic carbocycles. The van der Waals surface area contributed by atoms with Crippen molar-refractivity contribution in [1.82, 2.24) is 5.32 Å². The number of nitrogens with one attached hydrogen (secondary N) is 1. The Balaban J connectivity index is 1.68. The Morgan fingerprint density at radius 2 is 1.75 bits per heavy atom. The van der Waals surface area contributed by atoms with Crippen molar-refractivity contribution in [1.29, 1.82) is 0 Å². The highest BCUT2D eigenvalue weighted by molar-refractivity contribution is 6.01. The maximum absolute atomic E-state index is 12.6. The molecular weight excluding hydrogens is 300 g/mol. The van der Waals surface area contributed by atoms with Gasteiger partial charge in [-0.1, -0.05) is 55.5 Å². The van der Waals surface area contributed by atoms with Gasteiger partial charge in [0.15, 0.2) is 0 Å². The van der Waals surface area contributed by atoms with Crippen molar-refractivity contribution in [3.8, 4) is 0 Å². The van der Waals surface area contributed by atoms with E-state index in [2.05, 4.69) is 5.32 Å². The van der Waals surface area contributed by atoms with Gasteiger partial charge in [0.1, 0.15) is 6.04 Å². The summed E-state index contributed by atoms with van der Waals surface area (Å²) in [6.07, 6.45) is 1.35. The third-order valence-corrected chi connectivity index (χ3v) is 4.52. The van der Waals surface area contributed by atoms with Gasteiger partial charge in [0.25, 0.3) is 0 Å². The fraction of sp³-hybridized carbons (Fsp3) is 0.300. The fourth-order valence-electron chi connectivity index (χ4n) is 3.21. The molecule has 1 N–H and O–H groups in total. The molecule has 0 radical (unpaired) electrons. The molecule has 0 aliphatic carbocycles. The number of rotatable bonds is 5. The summed E-state index contributed by atoms with van der Waals surface area (Å²) < 4.78 is 0. The molecule has 124 valence electrons. The maximum Gasteiger partial charge on any atom is 0.249 e. The number of hydrogen-bond donors (Lipinski definition) is 1. The number of para-hydroxylation sites is 1. The van der Waals surface area contributed by atoms with Crippen LogP contribution in [0.3, 0.4) is 0 Å². The first-order valence-electron chi connectivity index (χ1n) is 8.42. The number of nitrogens with zero attached hydrogens (tertiary/aromatic N) is 1. The lowest BCUT2D eigenvalue weighted by molar-refractivity contribution is -0.127. The Morgan fingerprint density at radius 3 is 2.38 bits per heavy atom. The Bertz CT molecular complexity index is 700. The molecule has 0 unspecified atom stereocenters. The molecule has 1 saturated heterocycles. The lowest BCUT2D eigenvalue weighted by Gasteiger charge is -2.20. The van der Waals surface area contributed by atoms with Crippen molar-refractivity contribution < 1.29 is 9.59 Å². The second-order valence-electron chi connectivity index (χ2n) is 6.05. The molecule has 1 aliphatic rings. The van der Waals surface area contributed by atoms with Crippen LogP contribution in [-0.2, 0) is 9.59 Å². The molecule has 0 aromatic heterocycles. The van der Waals surface area contributed by atoms with Crippen LogP contribution in [0, 0.1) is 0 Å². The monoisotopic (exact) mass is 322 g/mol. The Hall–Kier alpha value is -2.62. The average Bonchev–Trinajstić information content (AvgIpc) is 2.98. The summed E-state index contributed by atoms with van der Waals surface area (Å²) in [5, 5.41) is 2.95. The smallest absolute Gasteiger partial charge is 0.249 e. The van der Waals surface area contributed by atoms with Crippen LogP contribution in [0.4, 0.5) is 5.69 Å². The summed E-state index contributed by atoms with van der Waals surface area (Å²) in [7, 11) is 0. The van der Waals surface area contributed by atoms with Crippen LogP contribution in [0.25, 0.3) is 0 Å². The molecule has 2 amide bonds. The van der Waals surface area contributed by atoms with E-state index in [1.165, 1.54) is 0 Å². The van der Waals surface area contributed by atoms with Crippen LogP contribution in [-0.4, -0.2) is 24.4 Å². The second-order valence-corrected chi connectivity index (χ2v) is 6.05. The SMILES string of the molecule is CC[C@@H](C(=O)N[C@@H]1CCN(c2ccccc2)C1=O)c1ccccc1. The topological polar surface area (TPSA) is 49.4 Å². The van der Waals surface area contributed by atoms with Gasteiger partial charge in [0.2, 0.25) is 11.8 Å². The van der Waals surface area contributed by atoms with Gasteiger partial charge >= 0.3 is 0 Å². The van der Waals surface area contributed by atoms with E-state index < -0.39 is 6.04 Å². The second kappa shape index (κ2) is 7.30. The van der Waals surface area contributed by atoms with E-state index in [1.54, 1.807) is 4.90 Å². The van der Waals surface area contributed by atoms with Gasteiger partial charge in [0.05, 0.1) is 5.92 Å². The molecule has 4 heteroatoms. The molecule has 4 nitrogen and oxygen atoms in total. The summed E-state index contributed by atoms with van der Waals surface area (Å²) in [6.45, 7) is 2.62. The minimum atomic E-state index is -0.435. The first-order valence-corrected chi connectivity index (χ1v) is 8.42. The van der Waals surface area contributed by atoms with E-state index >= 15 is 0 Å². The van der Waals surface area contributed by atoms with Crippen molar-refractivity contribution in [3.05, 3.63) is 66.2 Å². The van der Waals surface area contributed by atoms with Gasteiger partial charge in [-0.3, -0.25) is 9.59 Å². The molecular formula is C20H22N2O2. The highest BCUT2D eigenvalue weighted by Gasteiger charge is 2.34. The Kier molecular flexibility index (Phi) is 4.94. The van der Waals surface area contributed by atoms with Crippen LogP contribution < -0.4 is 10.2 Å². The molecule has 24 heavy (non-hydrogen) atoms. The summed E-state index contributed by atoms with van der Waals surface area (Å²) >= 11 is 0. The highest BCUT2D eigenvalue weighted by Crippen LogP contribution is 2.23. The number of anilines is 1. The molecule has 0 bridgehead atoms. The van der Waals surface area contributed by atoms with Crippen molar-refractivity contribution in [2.75, 3.05) is 11.4 Å². The standard InChI is InChI=1S/C20H22N2O2/c1-2-17(15-9-5-3-6-10-15)19(23)21-18-13-14-22(20(18)24)16-11-7-4-8-12-16/h3-12,17-18H,2,13-14H2,1H3,(H,21,23)/t17-,18-/m1/s1. The molecule has 0 spiro atoms. The third kappa shape index (κ3) is 3.32. The number of carbonyl (C=O) groups is 2. The Labute approximate surface area is 142 Å². The van der Waals surface area contributed by atoms with Gasteiger partial charge in [-0.05, 0) is 30.5 Å².